The van der Waals surface area contributed by atoms with Crippen molar-refractivity contribution in [3.8, 4) is 0 Å². The fourth-order valence-electron chi connectivity index (χ4n) is 1.34. The molecule has 1 N–H and O–H groups in total. The van der Waals surface area contributed by atoms with Gasteiger partial charge in [-0.1, -0.05) is 0 Å². The molecule has 4 nitrogen and oxygen atoms in total. The number of amides is 1. The van der Waals surface area contributed by atoms with Crippen molar-refractivity contribution in [3.63, 3.8) is 0 Å². The normalized spacial score (nSPS) is 17.9. The predicted molar refractivity (Wildman–Crippen MR) is 55.7 cm³/mol. The Hall–Kier alpha value is -0.980. The van der Waals surface area contributed by atoms with Gasteiger partial charge in [-0.15, -0.1) is 0 Å². The Labute approximate surface area is 98.1 Å². The summed E-state index contributed by atoms with van der Waals surface area (Å²) in [5.41, 5.74) is -0.582. The van der Waals surface area contributed by atoms with E-state index in [2.05, 4.69) is 5.32 Å². The molecule has 17 heavy (non-hydrogen) atoms. The van der Waals surface area contributed by atoms with Crippen molar-refractivity contribution in [3.05, 3.63) is 0 Å². The van der Waals surface area contributed by atoms with Crippen LogP contribution in [0, 0.1) is 0 Å². The Morgan fingerprint density at radius 3 is 2.29 bits per heavy atom. The lowest BCUT2D eigenvalue weighted by Gasteiger charge is -2.40. The summed E-state index contributed by atoms with van der Waals surface area (Å²) in [4.78, 5) is 12.8. The highest BCUT2D eigenvalue weighted by Gasteiger charge is 2.36. The van der Waals surface area contributed by atoms with Crippen LogP contribution in [0.2, 0.25) is 0 Å². The quantitative estimate of drug-likeness (QED) is 0.816. The molecule has 7 heteroatoms. The molecule has 0 aromatic carbocycles. The number of halogens is 3. The summed E-state index contributed by atoms with van der Waals surface area (Å²) in [5.74, 6) is 0. The lowest BCUT2D eigenvalue weighted by atomic mass is 10.1. The maximum Gasteiger partial charge on any atom is 0.410 e. The van der Waals surface area contributed by atoms with Gasteiger partial charge in [0.1, 0.15) is 5.60 Å². The van der Waals surface area contributed by atoms with Crippen molar-refractivity contribution in [2.45, 2.75) is 38.6 Å². The van der Waals surface area contributed by atoms with Gasteiger partial charge in [0.25, 0.3) is 0 Å². The summed E-state index contributed by atoms with van der Waals surface area (Å²) in [7, 11) is 0. The van der Waals surface area contributed by atoms with Gasteiger partial charge in [-0.3, -0.25) is 0 Å². The summed E-state index contributed by atoms with van der Waals surface area (Å²) in [6.07, 6.45) is -4.70. The monoisotopic (exact) mass is 254 g/mol. The molecule has 0 bridgehead atoms. The van der Waals surface area contributed by atoms with Crippen molar-refractivity contribution in [1.29, 1.82) is 0 Å². The second-order valence-corrected chi connectivity index (χ2v) is 5.08. The first-order valence-electron chi connectivity index (χ1n) is 5.35. The summed E-state index contributed by atoms with van der Waals surface area (Å²) in [6.45, 7) is 4.70. The first-order chi connectivity index (χ1) is 7.57. The molecule has 0 aliphatic carbocycles. The van der Waals surface area contributed by atoms with Crippen molar-refractivity contribution in [2.75, 3.05) is 19.6 Å². The largest absolute Gasteiger partial charge is 0.444 e. The fraction of sp³-hybridized carbons (Fsp3) is 0.900. The van der Waals surface area contributed by atoms with Gasteiger partial charge in [0.05, 0.1) is 6.54 Å². The Morgan fingerprint density at radius 2 is 1.88 bits per heavy atom. The van der Waals surface area contributed by atoms with E-state index in [0.29, 0.717) is 0 Å². The molecule has 1 aliphatic rings. The van der Waals surface area contributed by atoms with Crippen LogP contribution in [-0.4, -0.2) is 48.4 Å². The highest BCUT2D eigenvalue weighted by atomic mass is 19.4. The van der Waals surface area contributed by atoms with Crippen LogP contribution >= 0.6 is 0 Å². The molecule has 0 aromatic rings. The number of ether oxygens (including phenoxy) is 1. The minimum Gasteiger partial charge on any atom is -0.444 e. The number of rotatable bonds is 2. The maximum atomic E-state index is 11.9. The van der Waals surface area contributed by atoms with Gasteiger partial charge < -0.3 is 15.0 Å². The van der Waals surface area contributed by atoms with Gasteiger partial charge in [0, 0.05) is 19.1 Å². The van der Waals surface area contributed by atoms with Crippen molar-refractivity contribution >= 4 is 6.09 Å². The van der Waals surface area contributed by atoms with Crippen LogP contribution in [0.25, 0.3) is 0 Å². The van der Waals surface area contributed by atoms with Crippen molar-refractivity contribution in [1.82, 2.24) is 10.2 Å². The van der Waals surface area contributed by atoms with Crippen LogP contribution in [0.1, 0.15) is 20.8 Å². The molecule has 0 saturated carbocycles. The van der Waals surface area contributed by atoms with Gasteiger partial charge >= 0.3 is 12.3 Å². The van der Waals surface area contributed by atoms with Crippen LogP contribution in [0.4, 0.5) is 18.0 Å². The molecule has 1 heterocycles. The lowest BCUT2D eigenvalue weighted by molar-refractivity contribution is -0.128. The second-order valence-electron chi connectivity index (χ2n) is 5.08. The van der Waals surface area contributed by atoms with E-state index in [4.69, 9.17) is 4.74 Å². The summed E-state index contributed by atoms with van der Waals surface area (Å²) in [5, 5.41) is 2.33. The van der Waals surface area contributed by atoms with Gasteiger partial charge in [0.2, 0.25) is 0 Å². The number of carbonyl (C=O) groups is 1. The molecule has 0 aromatic heterocycles. The van der Waals surface area contributed by atoms with Gasteiger partial charge in [0.15, 0.2) is 0 Å². The Bertz CT molecular complexity index is 280. The molecular formula is C10H17F3N2O2. The number of alkyl halides is 3. The average molecular weight is 254 g/mol. The van der Waals surface area contributed by atoms with E-state index in [1.807, 2.05) is 0 Å². The van der Waals surface area contributed by atoms with E-state index in [9.17, 15) is 18.0 Å². The third-order valence-electron chi connectivity index (χ3n) is 2.12. The topological polar surface area (TPSA) is 41.6 Å². The molecule has 0 spiro atoms. The third kappa shape index (κ3) is 5.25. The van der Waals surface area contributed by atoms with Crippen LogP contribution in [0.3, 0.4) is 0 Å². The molecule has 1 aliphatic heterocycles. The Balaban J connectivity index is 2.21. The van der Waals surface area contributed by atoms with Gasteiger partial charge in [-0.2, -0.15) is 13.2 Å². The highest BCUT2D eigenvalue weighted by Crippen LogP contribution is 2.17. The van der Waals surface area contributed by atoms with E-state index < -0.39 is 24.4 Å². The second kappa shape index (κ2) is 4.72. The van der Waals surface area contributed by atoms with Gasteiger partial charge in [-0.05, 0) is 20.8 Å². The molecule has 1 saturated heterocycles. The SMILES string of the molecule is CC(C)(C)OC(=O)N1CC(NCC(F)(F)F)C1. The zero-order valence-corrected chi connectivity index (χ0v) is 10.1. The summed E-state index contributed by atoms with van der Waals surface area (Å²) >= 11 is 0. The minimum absolute atomic E-state index is 0.255. The molecule has 1 fully saturated rings. The average Bonchev–Trinajstić information content (AvgIpc) is 1.94. The molecule has 1 rings (SSSR count). The van der Waals surface area contributed by atoms with Crippen LogP contribution < -0.4 is 5.32 Å². The number of nitrogens with zero attached hydrogens (tertiary/aromatic N) is 1. The van der Waals surface area contributed by atoms with E-state index in [1.54, 1.807) is 20.8 Å². The Morgan fingerprint density at radius 1 is 1.35 bits per heavy atom. The van der Waals surface area contributed by atoms with E-state index in [0.717, 1.165) is 0 Å². The zero-order valence-electron chi connectivity index (χ0n) is 10.1. The van der Waals surface area contributed by atoms with Crippen LogP contribution in [-0.2, 0) is 4.74 Å². The molecule has 100 valence electrons. The number of hydrogen-bond donors (Lipinski definition) is 1. The van der Waals surface area contributed by atoms with Crippen LogP contribution in [0.5, 0.6) is 0 Å². The van der Waals surface area contributed by atoms with Crippen molar-refractivity contribution < 1.29 is 22.7 Å². The number of carbonyl (C=O) groups excluding carboxylic acids is 1. The van der Waals surface area contributed by atoms with Gasteiger partial charge in [-0.25, -0.2) is 4.79 Å². The van der Waals surface area contributed by atoms with E-state index in [-0.39, 0.29) is 19.1 Å². The molecule has 0 unspecified atom stereocenters. The molecule has 1 amide bonds. The molecule has 0 atom stereocenters. The fourth-order valence-corrected chi connectivity index (χ4v) is 1.34. The number of likely N-dealkylation sites (tertiary alicyclic amines) is 1. The number of nitrogens with one attached hydrogen (secondary N) is 1. The smallest absolute Gasteiger partial charge is 0.410 e. The predicted octanol–water partition coefficient (Wildman–Crippen LogP) is 1.76. The molecule has 0 radical (unpaired) electrons. The number of hydrogen-bond acceptors (Lipinski definition) is 3. The summed E-state index contributed by atoms with van der Waals surface area (Å²) < 4.78 is 40.7. The standard InChI is InChI=1S/C10H17F3N2O2/c1-9(2,3)17-8(16)15-4-7(5-15)14-6-10(11,12)13/h7,14H,4-6H2,1-3H3. The highest BCUT2D eigenvalue weighted by molar-refractivity contribution is 5.69. The maximum absolute atomic E-state index is 11.9. The third-order valence-corrected chi connectivity index (χ3v) is 2.12. The molecular weight excluding hydrogens is 237 g/mol. The van der Waals surface area contributed by atoms with Crippen LogP contribution in [0.15, 0.2) is 0 Å². The van der Waals surface area contributed by atoms with E-state index in [1.165, 1.54) is 4.90 Å². The van der Waals surface area contributed by atoms with Crippen molar-refractivity contribution in [2.24, 2.45) is 0 Å². The minimum atomic E-state index is -4.22. The van der Waals surface area contributed by atoms with E-state index >= 15 is 0 Å². The first kappa shape index (κ1) is 14.1. The lowest BCUT2D eigenvalue weighted by Crippen LogP contribution is -2.61. The summed E-state index contributed by atoms with van der Waals surface area (Å²) in [6, 6.07) is -0.302. The zero-order chi connectivity index (χ0) is 13.3. The Kier molecular flexibility index (Phi) is 3.91. The first-order valence-corrected chi connectivity index (χ1v) is 5.35.